The first-order valence-electron chi connectivity index (χ1n) is 8.79. The SMILES string of the molecule is CCCC1(C(=O)N2CCCC3CCCC32)CCNCC1. The summed E-state index contributed by atoms with van der Waals surface area (Å²) in [7, 11) is 0. The van der Waals surface area contributed by atoms with Crippen molar-refractivity contribution in [1.29, 1.82) is 0 Å². The molecule has 0 aromatic carbocycles. The number of carbonyl (C=O) groups excluding carboxylic acids is 1. The maximum Gasteiger partial charge on any atom is 0.229 e. The molecule has 1 amide bonds. The molecule has 3 fully saturated rings. The highest BCUT2D eigenvalue weighted by atomic mass is 16.2. The summed E-state index contributed by atoms with van der Waals surface area (Å²) >= 11 is 0. The third kappa shape index (κ3) is 2.49. The molecule has 2 heterocycles. The molecule has 2 saturated heterocycles. The molecule has 1 aliphatic carbocycles. The summed E-state index contributed by atoms with van der Waals surface area (Å²) in [6, 6.07) is 0.583. The van der Waals surface area contributed by atoms with Crippen LogP contribution < -0.4 is 5.32 Å². The lowest BCUT2D eigenvalue weighted by atomic mass is 9.73. The number of nitrogens with one attached hydrogen (secondary N) is 1. The highest BCUT2D eigenvalue weighted by Gasteiger charge is 2.46. The number of nitrogens with zero attached hydrogens (tertiary/aromatic N) is 1. The van der Waals surface area contributed by atoms with Crippen LogP contribution >= 0.6 is 0 Å². The number of rotatable bonds is 3. The molecular weight excluding hydrogens is 248 g/mol. The maximum absolute atomic E-state index is 13.3. The van der Waals surface area contributed by atoms with Crippen LogP contribution in [0.4, 0.5) is 0 Å². The second-order valence-electron chi connectivity index (χ2n) is 7.18. The Labute approximate surface area is 123 Å². The zero-order chi connectivity index (χ0) is 14.0. The van der Waals surface area contributed by atoms with Gasteiger partial charge in [-0.1, -0.05) is 19.8 Å². The molecule has 20 heavy (non-hydrogen) atoms. The van der Waals surface area contributed by atoms with Crippen LogP contribution in [0.3, 0.4) is 0 Å². The first-order valence-corrected chi connectivity index (χ1v) is 8.79. The predicted octanol–water partition coefficient (Wildman–Crippen LogP) is 2.95. The van der Waals surface area contributed by atoms with Gasteiger partial charge in [0.2, 0.25) is 5.91 Å². The van der Waals surface area contributed by atoms with Crippen LogP contribution in [-0.2, 0) is 4.79 Å². The van der Waals surface area contributed by atoms with Crippen LogP contribution in [0.1, 0.15) is 64.7 Å². The molecule has 114 valence electrons. The van der Waals surface area contributed by atoms with Gasteiger partial charge in [-0.15, -0.1) is 0 Å². The van der Waals surface area contributed by atoms with Gasteiger partial charge >= 0.3 is 0 Å². The molecule has 3 aliphatic rings. The zero-order valence-electron chi connectivity index (χ0n) is 13.0. The van der Waals surface area contributed by atoms with Crippen molar-refractivity contribution in [2.45, 2.75) is 70.8 Å². The van der Waals surface area contributed by atoms with Crippen LogP contribution in [0.25, 0.3) is 0 Å². The molecule has 2 unspecified atom stereocenters. The first-order chi connectivity index (χ1) is 9.77. The highest BCUT2D eigenvalue weighted by molar-refractivity contribution is 5.83. The normalized spacial score (nSPS) is 33.0. The van der Waals surface area contributed by atoms with Gasteiger partial charge < -0.3 is 10.2 Å². The largest absolute Gasteiger partial charge is 0.339 e. The van der Waals surface area contributed by atoms with Gasteiger partial charge in [0.25, 0.3) is 0 Å². The van der Waals surface area contributed by atoms with Crippen LogP contribution in [0.5, 0.6) is 0 Å². The van der Waals surface area contributed by atoms with Gasteiger partial charge in [-0.3, -0.25) is 4.79 Å². The monoisotopic (exact) mass is 278 g/mol. The van der Waals surface area contributed by atoms with E-state index in [-0.39, 0.29) is 5.41 Å². The van der Waals surface area contributed by atoms with Crippen LogP contribution in [0.15, 0.2) is 0 Å². The minimum absolute atomic E-state index is 0.0372. The minimum Gasteiger partial charge on any atom is -0.339 e. The van der Waals surface area contributed by atoms with E-state index in [2.05, 4.69) is 17.1 Å². The molecule has 2 atom stereocenters. The van der Waals surface area contributed by atoms with Crippen molar-refractivity contribution in [2.24, 2.45) is 11.3 Å². The maximum atomic E-state index is 13.3. The van der Waals surface area contributed by atoms with E-state index in [0.29, 0.717) is 11.9 Å². The third-order valence-electron chi connectivity index (χ3n) is 6.00. The molecule has 0 aromatic heterocycles. The van der Waals surface area contributed by atoms with Crippen LogP contribution in [0, 0.1) is 11.3 Å². The first kappa shape index (κ1) is 14.4. The van der Waals surface area contributed by atoms with E-state index >= 15 is 0 Å². The fraction of sp³-hybridized carbons (Fsp3) is 0.941. The van der Waals surface area contributed by atoms with Gasteiger partial charge in [-0.05, 0) is 64.0 Å². The number of piperidine rings is 2. The molecule has 0 radical (unpaired) electrons. The van der Waals surface area contributed by atoms with Crippen LogP contribution in [0.2, 0.25) is 0 Å². The summed E-state index contributed by atoms with van der Waals surface area (Å²) in [5.74, 6) is 1.32. The molecule has 0 spiro atoms. The molecule has 3 rings (SSSR count). The van der Waals surface area contributed by atoms with Crippen molar-refractivity contribution in [3.63, 3.8) is 0 Å². The lowest BCUT2D eigenvalue weighted by Crippen LogP contribution is -2.55. The highest BCUT2D eigenvalue weighted by Crippen LogP contribution is 2.42. The van der Waals surface area contributed by atoms with Crippen molar-refractivity contribution >= 4 is 5.91 Å². The molecule has 3 nitrogen and oxygen atoms in total. The smallest absolute Gasteiger partial charge is 0.229 e. The minimum atomic E-state index is -0.0372. The summed E-state index contributed by atoms with van der Waals surface area (Å²) in [5.41, 5.74) is -0.0372. The van der Waals surface area contributed by atoms with E-state index in [4.69, 9.17) is 0 Å². The fourth-order valence-corrected chi connectivity index (χ4v) is 4.97. The quantitative estimate of drug-likeness (QED) is 0.861. The lowest BCUT2D eigenvalue weighted by Gasteiger charge is -2.45. The van der Waals surface area contributed by atoms with E-state index in [1.807, 2.05) is 0 Å². The van der Waals surface area contributed by atoms with Crippen molar-refractivity contribution in [3.8, 4) is 0 Å². The van der Waals surface area contributed by atoms with Crippen LogP contribution in [-0.4, -0.2) is 36.5 Å². The standard InChI is InChI=1S/C17H30N2O/c1-2-8-17(9-11-18-12-10-17)16(20)19-13-4-6-14-5-3-7-15(14)19/h14-15,18H,2-13H2,1H3. The van der Waals surface area contributed by atoms with Crippen molar-refractivity contribution in [1.82, 2.24) is 10.2 Å². The van der Waals surface area contributed by atoms with Gasteiger partial charge in [0.15, 0.2) is 0 Å². The number of amides is 1. The second kappa shape index (κ2) is 6.05. The summed E-state index contributed by atoms with van der Waals surface area (Å²) in [6.45, 7) is 5.30. The van der Waals surface area contributed by atoms with Crippen molar-refractivity contribution < 1.29 is 4.79 Å². The summed E-state index contributed by atoms with van der Waals surface area (Å²) in [5, 5.41) is 3.43. The van der Waals surface area contributed by atoms with Gasteiger partial charge in [-0.2, -0.15) is 0 Å². The Morgan fingerprint density at radius 1 is 1.20 bits per heavy atom. The summed E-state index contributed by atoms with van der Waals surface area (Å²) < 4.78 is 0. The Balaban J connectivity index is 1.77. The number of fused-ring (bicyclic) bond motifs is 1. The lowest BCUT2D eigenvalue weighted by molar-refractivity contribution is -0.149. The topological polar surface area (TPSA) is 32.3 Å². The molecule has 3 heteroatoms. The molecule has 0 bridgehead atoms. The Kier molecular flexibility index (Phi) is 4.34. The Hall–Kier alpha value is -0.570. The Morgan fingerprint density at radius 2 is 1.95 bits per heavy atom. The van der Waals surface area contributed by atoms with Gasteiger partial charge in [0, 0.05) is 12.6 Å². The Bertz CT molecular complexity index is 343. The van der Waals surface area contributed by atoms with Gasteiger partial charge in [0.1, 0.15) is 0 Å². The zero-order valence-corrected chi connectivity index (χ0v) is 13.0. The van der Waals surface area contributed by atoms with Gasteiger partial charge in [-0.25, -0.2) is 0 Å². The summed E-state index contributed by atoms with van der Waals surface area (Å²) in [6.07, 6.45) is 10.9. The van der Waals surface area contributed by atoms with Crippen molar-refractivity contribution in [2.75, 3.05) is 19.6 Å². The van der Waals surface area contributed by atoms with E-state index in [1.54, 1.807) is 0 Å². The third-order valence-corrected chi connectivity index (χ3v) is 6.00. The van der Waals surface area contributed by atoms with E-state index < -0.39 is 0 Å². The average Bonchev–Trinajstić information content (AvgIpc) is 2.96. The molecule has 2 aliphatic heterocycles. The van der Waals surface area contributed by atoms with Gasteiger partial charge in [0.05, 0.1) is 5.41 Å². The van der Waals surface area contributed by atoms with E-state index in [9.17, 15) is 4.79 Å². The molecular formula is C17H30N2O. The van der Waals surface area contributed by atoms with E-state index in [1.165, 1.54) is 32.1 Å². The fourth-order valence-electron chi connectivity index (χ4n) is 4.97. The second-order valence-corrected chi connectivity index (χ2v) is 7.18. The number of hydrogen-bond acceptors (Lipinski definition) is 2. The number of hydrogen-bond donors (Lipinski definition) is 1. The predicted molar refractivity (Wildman–Crippen MR) is 81.5 cm³/mol. The molecule has 0 aromatic rings. The average molecular weight is 278 g/mol. The van der Waals surface area contributed by atoms with Crippen molar-refractivity contribution in [3.05, 3.63) is 0 Å². The molecule has 1 N–H and O–H groups in total. The molecule has 1 saturated carbocycles. The Morgan fingerprint density at radius 3 is 2.70 bits per heavy atom. The number of likely N-dealkylation sites (tertiary alicyclic amines) is 1. The van der Waals surface area contributed by atoms with E-state index in [0.717, 1.165) is 51.2 Å². The summed E-state index contributed by atoms with van der Waals surface area (Å²) in [4.78, 5) is 15.6. The number of carbonyl (C=O) groups is 1.